The number of hydrogen-bond donors (Lipinski definition) is 0. The largest absolute Gasteiger partial charge is 0.380 e. The molecule has 0 saturated heterocycles. The maximum absolute atomic E-state index is 8.77. The summed E-state index contributed by atoms with van der Waals surface area (Å²) in [5.74, 6) is 0.846. The Morgan fingerprint density at radius 3 is 2.21 bits per heavy atom. The number of anilines is 1. The first-order valence-electron chi connectivity index (χ1n) is 6.58. The second-order valence-electron chi connectivity index (χ2n) is 3.90. The minimum absolute atomic E-state index is 0.568. The molecule has 0 radical (unpaired) electrons. The Morgan fingerprint density at radius 1 is 1.16 bits per heavy atom. The van der Waals surface area contributed by atoms with Crippen LogP contribution in [0.1, 0.15) is 19.4 Å². The van der Waals surface area contributed by atoms with E-state index in [9.17, 15) is 0 Å². The van der Waals surface area contributed by atoms with Gasteiger partial charge in [-0.05, 0) is 26.0 Å². The maximum Gasteiger partial charge on any atom is 0.128 e. The highest BCUT2D eigenvalue weighted by Crippen LogP contribution is 2.10. The normalized spacial score (nSPS) is 10.2. The Hall–Kier alpha value is -1.64. The monoisotopic (exact) mass is 263 g/mol. The fourth-order valence-electron chi connectivity index (χ4n) is 1.62. The minimum Gasteiger partial charge on any atom is -0.380 e. The number of aromatic nitrogens is 1. The van der Waals surface area contributed by atoms with E-state index in [1.807, 2.05) is 19.9 Å². The number of nitriles is 1. The predicted octanol–water partition coefficient (Wildman–Crippen LogP) is 1.83. The molecule has 19 heavy (non-hydrogen) atoms. The molecular formula is C14H21N3O2. The average Bonchev–Trinajstić information content (AvgIpc) is 2.46. The quantitative estimate of drug-likeness (QED) is 0.636. The molecule has 0 fully saturated rings. The zero-order valence-electron chi connectivity index (χ0n) is 11.6. The van der Waals surface area contributed by atoms with Gasteiger partial charge in [0.15, 0.2) is 0 Å². The van der Waals surface area contributed by atoms with Gasteiger partial charge in [0.2, 0.25) is 0 Å². The van der Waals surface area contributed by atoms with E-state index in [2.05, 4.69) is 16.0 Å². The van der Waals surface area contributed by atoms with E-state index < -0.39 is 0 Å². The van der Waals surface area contributed by atoms with Crippen LogP contribution in [0.2, 0.25) is 0 Å². The Labute approximate surface area is 114 Å². The molecule has 1 aromatic heterocycles. The SMILES string of the molecule is CCOCCN(CCOCC)c1ccc(C#N)cn1. The fourth-order valence-corrected chi connectivity index (χ4v) is 1.62. The lowest BCUT2D eigenvalue weighted by atomic mass is 10.3. The highest BCUT2D eigenvalue weighted by Gasteiger charge is 2.07. The van der Waals surface area contributed by atoms with Crippen molar-refractivity contribution in [1.82, 2.24) is 4.98 Å². The Bertz CT molecular complexity index is 377. The molecule has 0 N–H and O–H groups in total. The summed E-state index contributed by atoms with van der Waals surface area (Å²) in [6.45, 7) is 8.21. The summed E-state index contributed by atoms with van der Waals surface area (Å²) in [5.41, 5.74) is 0.568. The summed E-state index contributed by atoms with van der Waals surface area (Å²) < 4.78 is 10.7. The molecule has 5 heteroatoms. The van der Waals surface area contributed by atoms with Gasteiger partial charge < -0.3 is 14.4 Å². The zero-order chi connectivity index (χ0) is 13.9. The molecule has 0 aliphatic rings. The van der Waals surface area contributed by atoms with Crippen molar-refractivity contribution in [3.05, 3.63) is 23.9 Å². The minimum atomic E-state index is 0.568. The fraction of sp³-hybridized carbons (Fsp3) is 0.571. The van der Waals surface area contributed by atoms with Gasteiger partial charge in [0.25, 0.3) is 0 Å². The van der Waals surface area contributed by atoms with Gasteiger partial charge in [0.1, 0.15) is 11.9 Å². The molecule has 0 aliphatic carbocycles. The van der Waals surface area contributed by atoms with Crippen LogP contribution in [0.3, 0.4) is 0 Å². The van der Waals surface area contributed by atoms with Crippen molar-refractivity contribution in [2.45, 2.75) is 13.8 Å². The van der Waals surface area contributed by atoms with Crippen molar-refractivity contribution in [3.8, 4) is 6.07 Å². The van der Waals surface area contributed by atoms with Crippen LogP contribution in [0.15, 0.2) is 18.3 Å². The van der Waals surface area contributed by atoms with Gasteiger partial charge in [-0.2, -0.15) is 5.26 Å². The standard InChI is InChI=1S/C14H21N3O2/c1-3-18-9-7-17(8-10-19-4-2)14-6-5-13(11-15)12-16-14/h5-6,12H,3-4,7-10H2,1-2H3. The first kappa shape index (κ1) is 15.4. The molecule has 1 rings (SSSR count). The van der Waals surface area contributed by atoms with Crippen molar-refractivity contribution < 1.29 is 9.47 Å². The molecule has 1 aromatic rings. The number of nitrogens with zero attached hydrogens (tertiary/aromatic N) is 3. The third kappa shape index (κ3) is 5.69. The van der Waals surface area contributed by atoms with E-state index in [1.165, 1.54) is 0 Å². The maximum atomic E-state index is 8.77. The van der Waals surface area contributed by atoms with Gasteiger partial charge in [-0.3, -0.25) is 0 Å². The first-order valence-corrected chi connectivity index (χ1v) is 6.58. The average molecular weight is 263 g/mol. The topological polar surface area (TPSA) is 58.4 Å². The molecule has 0 atom stereocenters. The summed E-state index contributed by atoms with van der Waals surface area (Å²) in [7, 11) is 0. The highest BCUT2D eigenvalue weighted by atomic mass is 16.5. The van der Waals surface area contributed by atoms with Gasteiger partial charge >= 0.3 is 0 Å². The smallest absolute Gasteiger partial charge is 0.128 e. The van der Waals surface area contributed by atoms with E-state index in [-0.39, 0.29) is 0 Å². The molecule has 0 aliphatic heterocycles. The van der Waals surface area contributed by atoms with Crippen molar-refractivity contribution in [2.24, 2.45) is 0 Å². The number of pyridine rings is 1. The van der Waals surface area contributed by atoms with Crippen LogP contribution in [-0.4, -0.2) is 44.5 Å². The highest BCUT2D eigenvalue weighted by molar-refractivity contribution is 5.41. The Balaban J connectivity index is 2.61. The summed E-state index contributed by atoms with van der Waals surface area (Å²) in [6, 6.07) is 5.70. The molecule has 0 unspecified atom stereocenters. The van der Waals surface area contributed by atoms with Gasteiger partial charge in [0.05, 0.1) is 18.8 Å². The van der Waals surface area contributed by atoms with E-state index >= 15 is 0 Å². The number of rotatable bonds is 9. The molecule has 104 valence electrons. The van der Waals surface area contributed by atoms with Crippen LogP contribution in [0, 0.1) is 11.3 Å². The van der Waals surface area contributed by atoms with E-state index in [1.54, 1.807) is 12.3 Å². The number of hydrogen-bond acceptors (Lipinski definition) is 5. The second-order valence-corrected chi connectivity index (χ2v) is 3.90. The van der Waals surface area contributed by atoms with Crippen molar-refractivity contribution in [1.29, 1.82) is 5.26 Å². The van der Waals surface area contributed by atoms with Crippen LogP contribution in [-0.2, 0) is 9.47 Å². The van der Waals surface area contributed by atoms with Crippen LogP contribution < -0.4 is 4.90 Å². The lowest BCUT2D eigenvalue weighted by Gasteiger charge is -2.23. The lowest BCUT2D eigenvalue weighted by molar-refractivity contribution is 0.141. The predicted molar refractivity (Wildman–Crippen MR) is 74.2 cm³/mol. The molecule has 0 saturated carbocycles. The first-order chi connectivity index (χ1) is 9.31. The van der Waals surface area contributed by atoms with Crippen molar-refractivity contribution >= 4 is 5.82 Å². The lowest BCUT2D eigenvalue weighted by Crippen LogP contribution is -2.31. The van der Waals surface area contributed by atoms with E-state index in [0.717, 1.165) is 18.9 Å². The molecule has 0 spiro atoms. The summed E-state index contributed by atoms with van der Waals surface area (Å²) >= 11 is 0. The third-order valence-electron chi connectivity index (χ3n) is 2.62. The van der Waals surface area contributed by atoms with Crippen molar-refractivity contribution in [3.63, 3.8) is 0 Å². The molecule has 0 aromatic carbocycles. The molecule has 1 heterocycles. The van der Waals surface area contributed by atoms with Gasteiger partial charge in [-0.15, -0.1) is 0 Å². The van der Waals surface area contributed by atoms with Crippen LogP contribution >= 0.6 is 0 Å². The van der Waals surface area contributed by atoms with Crippen molar-refractivity contribution in [2.75, 3.05) is 44.4 Å². The number of ether oxygens (including phenoxy) is 2. The summed E-state index contributed by atoms with van der Waals surface area (Å²) in [6.07, 6.45) is 1.59. The van der Waals surface area contributed by atoms with Crippen LogP contribution in [0.25, 0.3) is 0 Å². The summed E-state index contributed by atoms with van der Waals surface area (Å²) in [4.78, 5) is 6.40. The van der Waals surface area contributed by atoms with Gasteiger partial charge in [-0.25, -0.2) is 4.98 Å². The Kier molecular flexibility index (Phi) is 7.56. The molecule has 5 nitrogen and oxygen atoms in total. The summed E-state index contributed by atoms with van der Waals surface area (Å²) in [5, 5.41) is 8.77. The van der Waals surface area contributed by atoms with Crippen LogP contribution in [0.5, 0.6) is 0 Å². The van der Waals surface area contributed by atoms with Gasteiger partial charge in [0, 0.05) is 32.5 Å². The van der Waals surface area contributed by atoms with E-state index in [0.29, 0.717) is 32.0 Å². The third-order valence-corrected chi connectivity index (χ3v) is 2.62. The second kappa shape index (κ2) is 9.31. The Morgan fingerprint density at radius 2 is 1.79 bits per heavy atom. The van der Waals surface area contributed by atoms with E-state index in [4.69, 9.17) is 14.7 Å². The van der Waals surface area contributed by atoms with Gasteiger partial charge in [-0.1, -0.05) is 0 Å². The molecule has 0 bridgehead atoms. The van der Waals surface area contributed by atoms with Crippen LogP contribution in [0.4, 0.5) is 5.82 Å². The molecule has 0 amide bonds. The molecular weight excluding hydrogens is 242 g/mol. The zero-order valence-corrected chi connectivity index (χ0v) is 11.6.